The van der Waals surface area contributed by atoms with Crippen molar-refractivity contribution in [1.82, 2.24) is 0 Å². The van der Waals surface area contributed by atoms with Crippen LogP contribution in [0.5, 0.6) is 5.75 Å². The highest BCUT2D eigenvalue weighted by Crippen LogP contribution is 2.36. The molecular formula is C11H7ClF3NO2. The Morgan fingerprint density at radius 3 is 2.50 bits per heavy atom. The van der Waals surface area contributed by atoms with E-state index in [0.29, 0.717) is 6.07 Å². The van der Waals surface area contributed by atoms with Crippen LogP contribution in [0.25, 0.3) is 0 Å². The van der Waals surface area contributed by atoms with Gasteiger partial charge in [-0.15, -0.1) is 11.6 Å². The molecule has 0 bridgehead atoms. The Balaban J connectivity index is 3.53. The van der Waals surface area contributed by atoms with E-state index < -0.39 is 29.0 Å². The third-order valence-electron chi connectivity index (χ3n) is 2.19. The Labute approximate surface area is 106 Å². The summed E-state index contributed by atoms with van der Waals surface area (Å²) < 4.78 is 42.7. The number of rotatable bonds is 3. The van der Waals surface area contributed by atoms with Crippen LogP contribution in [0, 0.1) is 11.3 Å². The molecule has 96 valence electrons. The van der Waals surface area contributed by atoms with Crippen LogP contribution in [0.3, 0.4) is 0 Å². The summed E-state index contributed by atoms with van der Waals surface area (Å²) >= 11 is 5.33. The van der Waals surface area contributed by atoms with E-state index in [1.807, 2.05) is 0 Å². The van der Waals surface area contributed by atoms with Gasteiger partial charge in [0.25, 0.3) is 0 Å². The molecule has 3 nitrogen and oxygen atoms in total. The summed E-state index contributed by atoms with van der Waals surface area (Å²) in [5.41, 5.74) is -1.93. The highest BCUT2D eigenvalue weighted by molar-refractivity contribution is 6.30. The third kappa shape index (κ3) is 2.74. The number of hydrogen-bond donors (Lipinski definition) is 0. The van der Waals surface area contributed by atoms with Gasteiger partial charge in [-0.05, 0) is 12.1 Å². The molecule has 18 heavy (non-hydrogen) atoms. The van der Waals surface area contributed by atoms with Gasteiger partial charge >= 0.3 is 6.18 Å². The summed E-state index contributed by atoms with van der Waals surface area (Å²) in [7, 11) is 1.13. The quantitative estimate of drug-likeness (QED) is 0.630. The second kappa shape index (κ2) is 5.27. The van der Waals surface area contributed by atoms with Crippen molar-refractivity contribution in [1.29, 1.82) is 5.26 Å². The van der Waals surface area contributed by atoms with E-state index in [0.717, 1.165) is 13.2 Å². The highest BCUT2D eigenvalue weighted by Gasteiger charge is 2.35. The van der Waals surface area contributed by atoms with Gasteiger partial charge in [0.1, 0.15) is 5.75 Å². The molecule has 0 fully saturated rings. The fourth-order valence-corrected chi connectivity index (χ4v) is 1.51. The second-order valence-electron chi connectivity index (χ2n) is 3.26. The van der Waals surface area contributed by atoms with Gasteiger partial charge in [-0.1, -0.05) is 0 Å². The number of hydrogen-bond acceptors (Lipinski definition) is 3. The van der Waals surface area contributed by atoms with E-state index in [-0.39, 0.29) is 11.3 Å². The molecule has 7 heteroatoms. The van der Waals surface area contributed by atoms with E-state index >= 15 is 0 Å². The SMILES string of the molecule is COc1cc(C(F)(F)F)c(C#N)cc1C(=O)CCl. The van der Waals surface area contributed by atoms with Gasteiger partial charge in [-0.2, -0.15) is 18.4 Å². The van der Waals surface area contributed by atoms with Crippen LogP contribution in [0.4, 0.5) is 13.2 Å². The molecule has 1 aromatic rings. The van der Waals surface area contributed by atoms with E-state index in [1.165, 1.54) is 6.07 Å². The van der Waals surface area contributed by atoms with E-state index in [9.17, 15) is 18.0 Å². The molecule has 0 aliphatic heterocycles. The van der Waals surface area contributed by atoms with Crippen molar-refractivity contribution in [2.24, 2.45) is 0 Å². The zero-order valence-corrected chi connectivity index (χ0v) is 9.89. The number of alkyl halides is 4. The number of nitriles is 1. The first-order valence-corrected chi connectivity index (χ1v) is 5.17. The highest BCUT2D eigenvalue weighted by atomic mass is 35.5. The van der Waals surface area contributed by atoms with Gasteiger partial charge < -0.3 is 4.74 Å². The molecule has 0 N–H and O–H groups in total. The zero-order valence-electron chi connectivity index (χ0n) is 9.14. The van der Waals surface area contributed by atoms with Crippen molar-refractivity contribution in [2.75, 3.05) is 13.0 Å². The number of halogens is 4. The fourth-order valence-electron chi connectivity index (χ4n) is 1.37. The van der Waals surface area contributed by atoms with Crippen LogP contribution >= 0.6 is 11.6 Å². The van der Waals surface area contributed by atoms with Crippen molar-refractivity contribution in [2.45, 2.75) is 6.18 Å². The van der Waals surface area contributed by atoms with Crippen molar-refractivity contribution in [3.63, 3.8) is 0 Å². The molecule has 0 aromatic heterocycles. The minimum Gasteiger partial charge on any atom is -0.496 e. The van der Waals surface area contributed by atoms with Crippen LogP contribution in [0.2, 0.25) is 0 Å². The average Bonchev–Trinajstić information content (AvgIpc) is 2.34. The fraction of sp³-hybridized carbons (Fsp3) is 0.273. The molecule has 0 spiro atoms. The molecule has 0 heterocycles. The molecule has 0 saturated carbocycles. The normalized spacial score (nSPS) is 10.9. The summed E-state index contributed by atoms with van der Waals surface area (Å²) in [4.78, 5) is 11.4. The van der Waals surface area contributed by atoms with Gasteiger partial charge in [-0.3, -0.25) is 4.79 Å². The van der Waals surface area contributed by atoms with Crippen molar-refractivity contribution in [3.05, 3.63) is 28.8 Å². The Kier molecular flexibility index (Phi) is 4.19. The molecule has 0 aliphatic rings. The van der Waals surface area contributed by atoms with Gasteiger partial charge in [0.2, 0.25) is 0 Å². The lowest BCUT2D eigenvalue weighted by atomic mass is 10.0. The minimum absolute atomic E-state index is 0.142. The van der Waals surface area contributed by atoms with Gasteiger partial charge in [0, 0.05) is 0 Å². The number of Topliss-reactive ketones (excluding diaryl/α,β-unsaturated/α-hetero) is 1. The van der Waals surface area contributed by atoms with Gasteiger partial charge in [0.05, 0.1) is 35.7 Å². The Bertz CT molecular complexity index is 520. The van der Waals surface area contributed by atoms with Crippen molar-refractivity contribution in [3.8, 4) is 11.8 Å². The third-order valence-corrected chi connectivity index (χ3v) is 2.43. The number of benzene rings is 1. The van der Waals surface area contributed by atoms with Crippen molar-refractivity contribution < 1.29 is 22.7 Å². The van der Waals surface area contributed by atoms with Crippen LogP contribution in [0.15, 0.2) is 12.1 Å². The maximum Gasteiger partial charge on any atom is 0.417 e. The number of methoxy groups -OCH3 is 1. The molecule has 0 radical (unpaired) electrons. The first kappa shape index (κ1) is 14.3. The number of carbonyl (C=O) groups is 1. The Morgan fingerprint density at radius 2 is 2.11 bits per heavy atom. The first-order valence-electron chi connectivity index (χ1n) is 4.63. The summed E-state index contributed by atoms with van der Waals surface area (Å²) in [6.07, 6.45) is -4.69. The smallest absolute Gasteiger partial charge is 0.417 e. The summed E-state index contributed by atoms with van der Waals surface area (Å²) in [5, 5.41) is 8.69. The van der Waals surface area contributed by atoms with Crippen LogP contribution in [-0.2, 0) is 6.18 Å². The number of carbonyl (C=O) groups excluding carboxylic acids is 1. The number of ketones is 1. The standard InChI is InChI=1S/C11H7ClF3NO2/c1-18-10-3-8(11(13,14)15)6(5-16)2-7(10)9(17)4-12/h2-3H,4H2,1H3. The largest absolute Gasteiger partial charge is 0.496 e. The number of nitrogens with zero attached hydrogens (tertiary/aromatic N) is 1. The van der Waals surface area contributed by atoms with Crippen LogP contribution in [0.1, 0.15) is 21.5 Å². The lowest BCUT2D eigenvalue weighted by Gasteiger charge is -2.13. The topological polar surface area (TPSA) is 50.1 Å². The Hall–Kier alpha value is -1.74. The van der Waals surface area contributed by atoms with Gasteiger partial charge in [-0.25, -0.2) is 0 Å². The molecule has 0 atom stereocenters. The van der Waals surface area contributed by atoms with E-state index in [4.69, 9.17) is 21.6 Å². The minimum atomic E-state index is -4.69. The van der Waals surface area contributed by atoms with Gasteiger partial charge in [0.15, 0.2) is 5.78 Å². The summed E-state index contributed by atoms with van der Waals surface area (Å²) in [6.45, 7) is 0. The van der Waals surface area contributed by atoms with Crippen LogP contribution < -0.4 is 4.74 Å². The van der Waals surface area contributed by atoms with E-state index in [2.05, 4.69) is 0 Å². The molecule has 0 amide bonds. The van der Waals surface area contributed by atoms with Crippen molar-refractivity contribution >= 4 is 17.4 Å². The lowest BCUT2D eigenvalue weighted by molar-refractivity contribution is -0.137. The molecule has 1 aromatic carbocycles. The molecular weight excluding hydrogens is 271 g/mol. The summed E-state index contributed by atoms with van der Waals surface area (Å²) in [5.74, 6) is -1.28. The lowest BCUT2D eigenvalue weighted by Crippen LogP contribution is -2.11. The predicted octanol–water partition coefficient (Wildman–Crippen LogP) is 3.01. The average molecular weight is 278 g/mol. The maximum absolute atomic E-state index is 12.6. The zero-order chi connectivity index (χ0) is 13.9. The van der Waals surface area contributed by atoms with Crippen LogP contribution in [-0.4, -0.2) is 18.8 Å². The first-order chi connectivity index (χ1) is 8.35. The predicted molar refractivity (Wildman–Crippen MR) is 57.8 cm³/mol. The monoisotopic (exact) mass is 277 g/mol. The second-order valence-corrected chi connectivity index (χ2v) is 3.53. The molecule has 1 rings (SSSR count). The number of ether oxygens (including phenoxy) is 1. The maximum atomic E-state index is 12.6. The molecule has 0 unspecified atom stereocenters. The summed E-state index contributed by atoms with van der Waals surface area (Å²) in [6, 6.07) is 2.86. The molecule has 0 saturated heterocycles. The Morgan fingerprint density at radius 1 is 1.50 bits per heavy atom. The molecule has 0 aliphatic carbocycles. The van der Waals surface area contributed by atoms with E-state index in [1.54, 1.807) is 0 Å².